The fourth-order valence-electron chi connectivity index (χ4n) is 1.35. The molecule has 1 rings (SSSR count). The molecule has 0 saturated carbocycles. The summed E-state index contributed by atoms with van der Waals surface area (Å²) in [6.07, 6.45) is 1.45. The number of hydrogen-bond donors (Lipinski definition) is 0. The summed E-state index contributed by atoms with van der Waals surface area (Å²) in [5.74, 6) is -0.279. The van der Waals surface area contributed by atoms with E-state index in [1.165, 1.54) is 0 Å². The predicted octanol–water partition coefficient (Wildman–Crippen LogP) is 4.07. The number of allylic oxidation sites excluding steroid dienone is 1. The van der Waals surface area contributed by atoms with Crippen LogP contribution in [-0.2, 0) is 9.53 Å². The molecule has 0 unspecified atom stereocenters. The van der Waals surface area contributed by atoms with E-state index in [9.17, 15) is 4.79 Å². The molecule has 2 heteroatoms. The Bertz CT molecular complexity index is 424. The van der Waals surface area contributed by atoms with Gasteiger partial charge in [-0.25, -0.2) is 4.79 Å². The first-order valence-corrected chi connectivity index (χ1v) is 6.25. The van der Waals surface area contributed by atoms with Gasteiger partial charge in [0.15, 0.2) is 0 Å². The Balaban J connectivity index is 2.70. The molecule has 0 radical (unpaired) electrons. The van der Waals surface area contributed by atoms with Crippen LogP contribution >= 0.6 is 0 Å². The first kappa shape index (κ1) is 14.5. The van der Waals surface area contributed by atoms with Gasteiger partial charge in [-0.05, 0) is 30.4 Å². The molecule has 0 saturated heterocycles. The van der Waals surface area contributed by atoms with Crippen molar-refractivity contribution >= 4 is 11.5 Å². The molecular weight excluding hydrogens is 224 g/mol. The smallest absolute Gasteiger partial charge is 0.331 e. The maximum atomic E-state index is 11.8. The van der Waals surface area contributed by atoms with Crippen molar-refractivity contribution in [1.29, 1.82) is 0 Å². The zero-order chi connectivity index (χ0) is 13.8. The molecule has 0 fully saturated rings. The third kappa shape index (κ3) is 4.36. The molecule has 0 spiro atoms. The lowest BCUT2D eigenvalue weighted by Gasteiger charge is -2.26. The Morgan fingerprint density at radius 3 is 2.28 bits per heavy atom. The van der Waals surface area contributed by atoms with Gasteiger partial charge in [-0.3, -0.25) is 0 Å². The van der Waals surface area contributed by atoms with Gasteiger partial charge in [0.1, 0.15) is 6.10 Å². The normalized spacial score (nSPS) is 14.2. The van der Waals surface area contributed by atoms with Crippen LogP contribution in [0.4, 0.5) is 0 Å². The zero-order valence-corrected chi connectivity index (χ0v) is 11.9. The highest BCUT2D eigenvalue weighted by atomic mass is 16.5. The van der Waals surface area contributed by atoms with Gasteiger partial charge in [0.25, 0.3) is 0 Å². The predicted molar refractivity (Wildman–Crippen MR) is 75.1 cm³/mol. The van der Waals surface area contributed by atoms with Crippen molar-refractivity contribution in [1.82, 2.24) is 0 Å². The fraction of sp³-hybridized carbons (Fsp3) is 0.438. The molecular formula is C16H22O2. The van der Waals surface area contributed by atoms with Crippen LogP contribution in [0.2, 0.25) is 0 Å². The van der Waals surface area contributed by atoms with E-state index in [2.05, 4.69) is 20.8 Å². The topological polar surface area (TPSA) is 26.3 Å². The lowest BCUT2D eigenvalue weighted by Crippen LogP contribution is -2.28. The Hall–Kier alpha value is -1.57. The van der Waals surface area contributed by atoms with Crippen molar-refractivity contribution in [3.05, 3.63) is 42.0 Å². The van der Waals surface area contributed by atoms with E-state index < -0.39 is 0 Å². The molecule has 0 aromatic heterocycles. The third-order valence-corrected chi connectivity index (χ3v) is 3.08. The molecule has 1 aromatic rings. The minimum absolute atomic E-state index is 0.0375. The summed E-state index contributed by atoms with van der Waals surface area (Å²) in [6, 6.07) is 9.82. The average molecular weight is 246 g/mol. The highest BCUT2D eigenvalue weighted by Gasteiger charge is 2.23. The van der Waals surface area contributed by atoms with E-state index in [-0.39, 0.29) is 17.5 Å². The van der Waals surface area contributed by atoms with Crippen LogP contribution in [0.25, 0.3) is 5.57 Å². The summed E-state index contributed by atoms with van der Waals surface area (Å²) in [5, 5.41) is 0. The second kappa shape index (κ2) is 5.85. The maximum Gasteiger partial charge on any atom is 0.331 e. The number of carbonyl (C=O) groups is 1. The molecule has 0 heterocycles. The average Bonchev–Trinajstić information content (AvgIpc) is 2.28. The first-order chi connectivity index (χ1) is 8.30. The quantitative estimate of drug-likeness (QED) is 0.593. The van der Waals surface area contributed by atoms with Crippen LogP contribution < -0.4 is 0 Å². The van der Waals surface area contributed by atoms with Crippen molar-refractivity contribution in [3.8, 4) is 0 Å². The van der Waals surface area contributed by atoms with Crippen LogP contribution in [0.1, 0.15) is 40.2 Å². The molecule has 0 amide bonds. The van der Waals surface area contributed by atoms with Crippen LogP contribution in [-0.4, -0.2) is 12.1 Å². The number of ether oxygens (including phenoxy) is 1. The second-order valence-corrected chi connectivity index (χ2v) is 5.64. The van der Waals surface area contributed by atoms with Gasteiger partial charge in [-0.15, -0.1) is 0 Å². The van der Waals surface area contributed by atoms with E-state index in [4.69, 9.17) is 4.74 Å². The Morgan fingerprint density at radius 2 is 1.78 bits per heavy atom. The van der Waals surface area contributed by atoms with Crippen LogP contribution in [0, 0.1) is 5.41 Å². The minimum Gasteiger partial charge on any atom is -0.459 e. The van der Waals surface area contributed by atoms with Crippen LogP contribution in [0.5, 0.6) is 0 Å². The minimum atomic E-state index is -0.279. The SMILES string of the molecule is C/C(=C\C(=O)O[C@H](C)C(C)(C)C)c1ccccc1. The maximum absolute atomic E-state index is 11.8. The first-order valence-electron chi connectivity index (χ1n) is 6.25. The molecule has 1 aromatic carbocycles. The van der Waals surface area contributed by atoms with E-state index >= 15 is 0 Å². The van der Waals surface area contributed by atoms with Gasteiger partial charge in [0, 0.05) is 6.08 Å². The van der Waals surface area contributed by atoms with Crippen molar-refractivity contribution in [2.45, 2.75) is 40.7 Å². The van der Waals surface area contributed by atoms with Gasteiger partial charge < -0.3 is 4.74 Å². The summed E-state index contributed by atoms with van der Waals surface area (Å²) in [6.45, 7) is 10.00. The molecule has 0 aliphatic carbocycles. The number of rotatable bonds is 3. The second-order valence-electron chi connectivity index (χ2n) is 5.64. The van der Waals surface area contributed by atoms with E-state index in [0.717, 1.165) is 11.1 Å². The molecule has 98 valence electrons. The summed E-state index contributed by atoms with van der Waals surface area (Å²) in [5.41, 5.74) is 1.92. The zero-order valence-electron chi connectivity index (χ0n) is 11.9. The van der Waals surface area contributed by atoms with Crippen molar-refractivity contribution < 1.29 is 9.53 Å². The molecule has 0 bridgehead atoms. The highest BCUT2D eigenvalue weighted by Crippen LogP contribution is 2.22. The van der Waals surface area contributed by atoms with Gasteiger partial charge in [0.2, 0.25) is 0 Å². The van der Waals surface area contributed by atoms with E-state index in [1.54, 1.807) is 6.08 Å². The van der Waals surface area contributed by atoms with Crippen molar-refractivity contribution in [2.75, 3.05) is 0 Å². The largest absolute Gasteiger partial charge is 0.459 e. The standard InChI is InChI=1S/C16H22O2/c1-12(14-9-7-6-8-10-14)11-15(17)18-13(2)16(3,4)5/h6-11,13H,1-5H3/b12-11+/t13-/m1/s1. The molecule has 2 nitrogen and oxygen atoms in total. The lowest BCUT2D eigenvalue weighted by molar-refractivity contribution is -0.147. The van der Waals surface area contributed by atoms with Gasteiger partial charge in [0.05, 0.1) is 0 Å². The van der Waals surface area contributed by atoms with Gasteiger partial charge in [-0.2, -0.15) is 0 Å². The summed E-state index contributed by atoms with van der Waals surface area (Å²) >= 11 is 0. The molecule has 0 aliphatic rings. The van der Waals surface area contributed by atoms with Crippen molar-refractivity contribution in [2.24, 2.45) is 5.41 Å². The number of esters is 1. The van der Waals surface area contributed by atoms with E-state index in [1.807, 2.05) is 44.2 Å². The fourth-order valence-corrected chi connectivity index (χ4v) is 1.35. The lowest BCUT2D eigenvalue weighted by atomic mass is 9.90. The van der Waals surface area contributed by atoms with Gasteiger partial charge in [-0.1, -0.05) is 51.1 Å². The van der Waals surface area contributed by atoms with Crippen molar-refractivity contribution in [3.63, 3.8) is 0 Å². The Kier molecular flexibility index (Phi) is 4.71. The summed E-state index contributed by atoms with van der Waals surface area (Å²) in [4.78, 5) is 11.8. The van der Waals surface area contributed by atoms with Gasteiger partial charge >= 0.3 is 5.97 Å². The van der Waals surface area contributed by atoms with Crippen LogP contribution in [0.15, 0.2) is 36.4 Å². The molecule has 0 N–H and O–H groups in total. The monoisotopic (exact) mass is 246 g/mol. The number of benzene rings is 1. The molecule has 1 atom stereocenters. The summed E-state index contributed by atoms with van der Waals surface area (Å²) < 4.78 is 5.39. The molecule has 18 heavy (non-hydrogen) atoms. The number of hydrogen-bond acceptors (Lipinski definition) is 2. The van der Waals surface area contributed by atoms with Crippen LogP contribution in [0.3, 0.4) is 0 Å². The Labute approximate surface area is 110 Å². The summed E-state index contributed by atoms with van der Waals surface area (Å²) in [7, 11) is 0. The van der Waals surface area contributed by atoms with E-state index in [0.29, 0.717) is 0 Å². The number of carbonyl (C=O) groups excluding carboxylic acids is 1. The molecule has 0 aliphatic heterocycles. The third-order valence-electron chi connectivity index (χ3n) is 3.08. The highest BCUT2D eigenvalue weighted by molar-refractivity contribution is 5.90. The Morgan fingerprint density at radius 1 is 1.22 bits per heavy atom.